The summed E-state index contributed by atoms with van der Waals surface area (Å²) in [5.74, 6) is 0.640. The Labute approximate surface area is 140 Å². The van der Waals surface area contributed by atoms with E-state index in [2.05, 4.69) is 0 Å². The molecule has 0 bridgehead atoms. The van der Waals surface area contributed by atoms with Crippen molar-refractivity contribution in [2.24, 2.45) is 0 Å². The van der Waals surface area contributed by atoms with Crippen LogP contribution < -0.4 is 10.4 Å². The van der Waals surface area contributed by atoms with Gasteiger partial charge in [-0.05, 0) is 45.4 Å². The van der Waals surface area contributed by atoms with Gasteiger partial charge >= 0.3 is 5.63 Å². The first kappa shape index (κ1) is 16.7. The van der Waals surface area contributed by atoms with Gasteiger partial charge in [0.05, 0.1) is 11.2 Å². The van der Waals surface area contributed by atoms with Gasteiger partial charge in [0.2, 0.25) is 0 Å². The molecule has 1 saturated heterocycles. The van der Waals surface area contributed by atoms with E-state index in [0.29, 0.717) is 17.9 Å². The molecule has 0 spiro atoms. The van der Waals surface area contributed by atoms with Crippen molar-refractivity contribution in [3.8, 4) is 5.75 Å². The first-order valence-electron chi connectivity index (χ1n) is 8.00. The smallest absolute Gasteiger partial charge is 0.336 e. The van der Waals surface area contributed by atoms with Gasteiger partial charge < -0.3 is 19.0 Å². The van der Waals surface area contributed by atoms with Crippen molar-refractivity contribution in [2.45, 2.75) is 44.5 Å². The number of hydrogen-bond acceptors (Lipinski definition) is 5. The van der Waals surface area contributed by atoms with Gasteiger partial charge in [0.15, 0.2) is 0 Å². The molecule has 2 heterocycles. The first-order chi connectivity index (χ1) is 11.3. The van der Waals surface area contributed by atoms with Crippen molar-refractivity contribution in [3.63, 3.8) is 0 Å². The molecule has 5 nitrogen and oxygen atoms in total. The Morgan fingerprint density at radius 1 is 1.33 bits per heavy atom. The molecule has 0 saturated carbocycles. The lowest BCUT2D eigenvalue weighted by Gasteiger charge is -2.11. The van der Waals surface area contributed by atoms with Crippen molar-refractivity contribution in [1.29, 1.82) is 0 Å². The Balaban J connectivity index is 1.57. The minimum Gasteiger partial charge on any atom is -0.491 e. The van der Waals surface area contributed by atoms with Crippen LogP contribution in [-0.4, -0.2) is 29.0 Å². The molecular weight excluding hydrogens is 308 g/mol. The summed E-state index contributed by atoms with van der Waals surface area (Å²) in [5.41, 5.74) is -0.943. The predicted molar refractivity (Wildman–Crippen MR) is 91.3 cm³/mol. The quantitative estimate of drug-likeness (QED) is 0.501. The number of aliphatic hydroxyl groups is 1. The van der Waals surface area contributed by atoms with Crippen LogP contribution in [0.15, 0.2) is 51.7 Å². The van der Waals surface area contributed by atoms with Crippen LogP contribution in [0.25, 0.3) is 11.0 Å². The molecule has 0 radical (unpaired) electrons. The summed E-state index contributed by atoms with van der Waals surface area (Å²) < 4.78 is 16.6. The SMILES string of the molecule is CC(C)(O)/C=C/C[C@@]1(C)O[C@H]1COc1ccc2ccc(=O)oc2c1. The lowest BCUT2D eigenvalue weighted by molar-refractivity contribution is 0.132. The van der Waals surface area contributed by atoms with E-state index in [0.717, 1.165) is 11.8 Å². The third-order valence-electron chi connectivity index (χ3n) is 4.08. The lowest BCUT2D eigenvalue weighted by atomic mass is 10.0. The van der Waals surface area contributed by atoms with E-state index in [1.165, 1.54) is 6.07 Å². The average molecular weight is 330 g/mol. The zero-order chi connectivity index (χ0) is 17.4. The number of benzene rings is 1. The predicted octanol–water partition coefficient (Wildman–Crippen LogP) is 3.05. The fourth-order valence-electron chi connectivity index (χ4n) is 2.56. The Kier molecular flexibility index (Phi) is 4.24. The fraction of sp³-hybridized carbons (Fsp3) is 0.421. The van der Waals surface area contributed by atoms with Crippen LogP contribution in [-0.2, 0) is 4.74 Å². The van der Waals surface area contributed by atoms with Gasteiger partial charge in [-0.1, -0.05) is 12.2 Å². The summed E-state index contributed by atoms with van der Waals surface area (Å²) >= 11 is 0. The van der Waals surface area contributed by atoms with Gasteiger partial charge in [-0.15, -0.1) is 0 Å². The highest BCUT2D eigenvalue weighted by Gasteiger charge is 2.51. The maximum Gasteiger partial charge on any atom is 0.336 e. The summed E-state index contributed by atoms with van der Waals surface area (Å²) in [6, 6.07) is 8.53. The second-order valence-electron chi connectivity index (χ2n) is 6.94. The van der Waals surface area contributed by atoms with Gasteiger partial charge in [0.1, 0.15) is 24.0 Å². The van der Waals surface area contributed by atoms with Gasteiger partial charge in [-0.3, -0.25) is 0 Å². The van der Waals surface area contributed by atoms with Crippen LogP contribution in [0.5, 0.6) is 5.75 Å². The van der Waals surface area contributed by atoms with Crippen LogP contribution in [0.4, 0.5) is 0 Å². The Morgan fingerprint density at radius 3 is 2.83 bits per heavy atom. The molecule has 1 aromatic heterocycles. The summed E-state index contributed by atoms with van der Waals surface area (Å²) in [6.07, 6.45) is 4.42. The standard InChI is InChI=1S/C19H22O5/c1-18(2,21)9-4-10-19(3)16(24-19)12-22-14-7-5-13-6-8-17(20)23-15(13)11-14/h4-9,11,16,21H,10,12H2,1-3H3/b9-4+/t16-,19+/m0/s1. The van der Waals surface area contributed by atoms with Crippen LogP contribution >= 0.6 is 0 Å². The lowest BCUT2D eigenvalue weighted by Crippen LogP contribution is -2.17. The van der Waals surface area contributed by atoms with Crippen molar-refractivity contribution >= 4 is 11.0 Å². The van der Waals surface area contributed by atoms with Gasteiger partial charge in [-0.25, -0.2) is 4.79 Å². The van der Waals surface area contributed by atoms with Crippen LogP contribution in [0.1, 0.15) is 27.2 Å². The van der Waals surface area contributed by atoms with Crippen molar-refractivity contribution < 1.29 is 19.0 Å². The minimum absolute atomic E-state index is 0.00225. The number of hydrogen-bond donors (Lipinski definition) is 1. The number of fused-ring (bicyclic) bond motifs is 1. The molecule has 0 unspecified atom stereocenters. The second-order valence-corrected chi connectivity index (χ2v) is 6.94. The second kappa shape index (κ2) is 6.07. The van der Waals surface area contributed by atoms with E-state index < -0.39 is 5.60 Å². The highest BCUT2D eigenvalue weighted by Crippen LogP contribution is 2.40. The molecule has 1 N–H and O–H groups in total. The van der Waals surface area contributed by atoms with Crippen molar-refractivity contribution in [1.82, 2.24) is 0 Å². The van der Waals surface area contributed by atoms with Crippen LogP contribution in [0.3, 0.4) is 0 Å². The van der Waals surface area contributed by atoms with Crippen LogP contribution in [0, 0.1) is 0 Å². The highest BCUT2D eigenvalue weighted by atomic mass is 16.6. The zero-order valence-corrected chi connectivity index (χ0v) is 14.1. The maximum atomic E-state index is 11.3. The molecule has 24 heavy (non-hydrogen) atoms. The summed E-state index contributed by atoms with van der Waals surface area (Å²) in [7, 11) is 0. The molecule has 0 amide bonds. The summed E-state index contributed by atoms with van der Waals surface area (Å²) in [5, 5.41) is 10.5. The fourth-order valence-corrected chi connectivity index (χ4v) is 2.56. The monoisotopic (exact) mass is 330 g/mol. The highest BCUT2D eigenvalue weighted by molar-refractivity contribution is 5.77. The Morgan fingerprint density at radius 2 is 2.08 bits per heavy atom. The molecule has 5 heteroatoms. The van der Waals surface area contributed by atoms with Gasteiger partial charge in [-0.2, -0.15) is 0 Å². The molecule has 0 aliphatic carbocycles. The van der Waals surface area contributed by atoms with E-state index >= 15 is 0 Å². The third-order valence-corrected chi connectivity index (χ3v) is 4.08. The molecular formula is C19H22O5. The molecule has 1 aliphatic rings. The van der Waals surface area contributed by atoms with Crippen LogP contribution in [0.2, 0.25) is 0 Å². The largest absolute Gasteiger partial charge is 0.491 e. The van der Waals surface area contributed by atoms with Gasteiger partial charge in [0.25, 0.3) is 0 Å². The third kappa shape index (κ3) is 4.04. The summed E-state index contributed by atoms with van der Waals surface area (Å²) in [4.78, 5) is 11.3. The molecule has 2 aromatic rings. The molecule has 2 atom stereocenters. The Hall–Kier alpha value is -2.11. The van der Waals surface area contributed by atoms with E-state index in [4.69, 9.17) is 13.9 Å². The van der Waals surface area contributed by atoms with E-state index in [-0.39, 0.29) is 17.3 Å². The zero-order valence-electron chi connectivity index (χ0n) is 14.1. The van der Waals surface area contributed by atoms with Crippen molar-refractivity contribution in [2.75, 3.05) is 6.61 Å². The number of rotatable bonds is 6. The van der Waals surface area contributed by atoms with Gasteiger partial charge in [0, 0.05) is 17.5 Å². The first-order valence-corrected chi connectivity index (χ1v) is 8.00. The van der Waals surface area contributed by atoms with E-state index in [9.17, 15) is 9.90 Å². The molecule has 128 valence electrons. The number of ether oxygens (including phenoxy) is 2. The molecule has 1 aliphatic heterocycles. The minimum atomic E-state index is -0.813. The summed E-state index contributed by atoms with van der Waals surface area (Å²) in [6.45, 7) is 5.92. The van der Waals surface area contributed by atoms with E-state index in [1.54, 1.807) is 32.1 Å². The van der Waals surface area contributed by atoms with E-state index in [1.807, 2.05) is 25.1 Å². The topological polar surface area (TPSA) is 72.2 Å². The normalized spacial score (nSPS) is 23.8. The molecule has 1 fully saturated rings. The average Bonchev–Trinajstić information content (AvgIpc) is 3.13. The maximum absolute atomic E-state index is 11.3. The molecule has 3 rings (SSSR count). The molecule has 1 aromatic carbocycles. The van der Waals surface area contributed by atoms with Crippen molar-refractivity contribution in [3.05, 3.63) is 52.9 Å². The number of epoxide rings is 1. The Bertz CT molecular complexity index is 814.